The Morgan fingerprint density at radius 1 is 1.00 bits per heavy atom. The lowest BCUT2D eigenvalue weighted by Gasteiger charge is -2.09. The summed E-state index contributed by atoms with van der Waals surface area (Å²) >= 11 is 0. The van der Waals surface area contributed by atoms with Crippen LogP contribution in [0.4, 0.5) is 5.69 Å². The summed E-state index contributed by atoms with van der Waals surface area (Å²) in [7, 11) is 0. The molecular weight excluding hydrogens is 262 g/mol. The van der Waals surface area contributed by atoms with E-state index in [4.69, 9.17) is 0 Å². The topological polar surface area (TPSA) is 50.1 Å². The average molecular weight is 279 g/mol. The molecule has 1 heterocycles. The van der Waals surface area contributed by atoms with Crippen molar-refractivity contribution in [3.05, 3.63) is 78.1 Å². The SMILES string of the molecule is OCc1ccccc1NCc1cnn(-c2ccccc2)c1. The van der Waals surface area contributed by atoms with Gasteiger partial charge in [0.15, 0.2) is 0 Å². The highest BCUT2D eigenvalue weighted by molar-refractivity contribution is 5.51. The summed E-state index contributed by atoms with van der Waals surface area (Å²) in [6.07, 6.45) is 3.85. The Hall–Kier alpha value is -2.59. The van der Waals surface area contributed by atoms with Crippen LogP contribution in [-0.4, -0.2) is 14.9 Å². The van der Waals surface area contributed by atoms with Gasteiger partial charge in [-0.2, -0.15) is 5.10 Å². The molecule has 0 radical (unpaired) electrons. The van der Waals surface area contributed by atoms with Crippen molar-refractivity contribution in [1.82, 2.24) is 9.78 Å². The summed E-state index contributed by atoms with van der Waals surface area (Å²) in [4.78, 5) is 0. The minimum atomic E-state index is 0.0342. The van der Waals surface area contributed by atoms with Crippen LogP contribution in [0, 0.1) is 0 Å². The van der Waals surface area contributed by atoms with Crippen molar-refractivity contribution < 1.29 is 5.11 Å². The average Bonchev–Trinajstić information content (AvgIpc) is 3.03. The van der Waals surface area contributed by atoms with Gasteiger partial charge in [-0.15, -0.1) is 0 Å². The van der Waals surface area contributed by atoms with E-state index in [1.807, 2.05) is 71.7 Å². The number of hydrogen-bond donors (Lipinski definition) is 2. The number of aliphatic hydroxyl groups excluding tert-OH is 1. The van der Waals surface area contributed by atoms with Gasteiger partial charge < -0.3 is 10.4 Å². The molecule has 21 heavy (non-hydrogen) atoms. The second-order valence-electron chi connectivity index (χ2n) is 4.80. The Morgan fingerprint density at radius 3 is 2.57 bits per heavy atom. The van der Waals surface area contributed by atoms with Crippen molar-refractivity contribution in [3.63, 3.8) is 0 Å². The molecule has 106 valence electrons. The third-order valence-corrected chi connectivity index (χ3v) is 3.33. The number of aliphatic hydroxyl groups is 1. The van der Waals surface area contributed by atoms with Crippen molar-refractivity contribution in [2.24, 2.45) is 0 Å². The van der Waals surface area contributed by atoms with Crippen LogP contribution in [-0.2, 0) is 13.2 Å². The predicted molar refractivity (Wildman–Crippen MR) is 83.3 cm³/mol. The van der Waals surface area contributed by atoms with Crippen molar-refractivity contribution in [2.45, 2.75) is 13.2 Å². The maximum Gasteiger partial charge on any atom is 0.0701 e. The van der Waals surface area contributed by atoms with E-state index in [1.54, 1.807) is 0 Å². The van der Waals surface area contributed by atoms with Gasteiger partial charge in [0.05, 0.1) is 18.5 Å². The summed E-state index contributed by atoms with van der Waals surface area (Å²) < 4.78 is 1.86. The van der Waals surface area contributed by atoms with Crippen molar-refractivity contribution in [1.29, 1.82) is 0 Å². The highest BCUT2D eigenvalue weighted by atomic mass is 16.3. The van der Waals surface area contributed by atoms with E-state index < -0.39 is 0 Å². The molecular formula is C17H17N3O. The number of rotatable bonds is 5. The molecule has 0 bridgehead atoms. The Morgan fingerprint density at radius 2 is 1.76 bits per heavy atom. The molecule has 3 aromatic rings. The van der Waals surface area contributed by atoms with Crippen LogP contribution < -0.4 is 5.32 Å². The van der Waals surface area contributed by atoms with Crippen LogP contribution in [0.1, 0.15) is 11.1 Å². The maximum absolute atomic E-state index is 9.31. The molecule has 3 rings (SSSR count). The first-order valence-electron chi connectivity index (χ1n) is 6.88. The zero-order chi connectivity index (χ0) is 14.5. The van der Waals surface area contributed by atoms with E-state index >= 15 is 0 Å². The fourth-order valence-electron chi connectivity index (χ4n) is 2.20. The summed E-state index contributed by atoms with van der Waals surface area (Å²) in [6.45, 7) is 0.705. The Balaban J connectivity index is 1.71. The Kier molecular flexibility index (Phi) is 3.98. The molecule has 2 aromatic carbocycles. The van der Waals surface area contributed by atoms with E-state index in [2.05, 4.69) is 10.4 Å². The molecule has 2 N–H and O–H groups in total. The lowest BCUT2D eigenvalue weighted by molar-refractivity contribution is 0.282. The van der Waals surface area contributed by atoms with Crippen LogP contribution in [0.2, 0.25) is 0 Å². The molecule has 4 nitrogen and oxygen atoms in total. The van der Waals surface area contributed by atoms with Crippen molar-refractivity contribution >= 4 is 5.69 Å². The number of nitrogens with zero attached hydrogens (tertiary/aromatic N) is 2. The number of anilines is 1. The smallest absolute Gasteiger partial charge is 0.0701 e. The van der Waals surface area contributed by atoms with Crippen LogP contribution in [0.5, 0.6) is 0 Å². The molecule has 0 fully saturated rings. The predicted octanol–water partition coefficient (Wildman–Crippen LogP) is 2.98. The van der Waals surface area contributed by atoms with E-state index in [0.29, 0.717) is 6.54 Å². The third kappa shape index (κ3) is 3.12. The van der Waals surface area contributed by atoms with Crippen molar-refractivity contribution in [3.8, 4) is 5.69 Å². The number of benzene rings is 2. The molecule has 0 aliphatic rings. The van der Waals surface area contributed by atoms with Gasteiger partial charge in [0.25, 0.3) is 0 Å². The molecule has 0 amide bonds. The van der Waals surface area contributed by atoms with Crippen LogP contribution in [0.15, 0.2) is 67.0 Å². The summed E-state index contributed by atoms with van der Waals surface area (Å²) in [5.41, 5.74) is 3.98. The minimum Gasteiger partial charge on any atom is -0.392 e. The van der Waals surface area contributed by atoms with E-state index in [0.717, 1.165) is 22.5 Å². The molecule has 0 saturated carbocycles. The highest BCUT2D eigenvalue weighted by Gasteiger charge is 2.03. The van der Waals surface area contributed by atoms with Crippen LogP contribution in [0.3, 0.4) is 0 Å². The van der Waals surface area contributed by atoms with Gasteiger partial charge in [-0.3, -0.25) is 0 Å². The number of hydrogen-bond acceptors (Lipinski definition) is 3. The first-order valence-corrected chi connectivity index (χ1v) is 6.88. The fourth-order valence-corrected chi connectivity index (χ4v) is 2.20. The van der Waals surface area contributed by atoms with Crippen molar-refractivity contribution in [2.75, 3.05) is 5.32 Å². The second kappa shape index (κ2) is 6.24. The standard InChI is InChI=1S/C17H17N3O/c21-13-15-6-4-5-9-17(15)18-10-14-11-19-20(12-14)16-7-2-1-3-8-16/h1-9,11-12,18,21H,10,13H2. The zero-order valence-electron chi connectivity index (χ0n) is 11.6. The largest absolute Gasteiger partial charge is 0.392 e. The molecule has 0 spiro atoms. The summed E-state index contributed by atoms with van der Waals surface area (Å²) in [5.74, 6) is 0. The van der Waals surface area contributed by atoms with E-state index in [-0.39, 0.29) is 6.61 Å². The molecule has 0 unspecified atom stereocenters. The lowest BCUT2D eigenvalue weighted by Crippen LogP contribution is -2.01. The van der Waals surface area contributed by atoms with Crippen LogP contribution in [0.25, 0.3) is 5.69 Å². The number of para-hydroxylation sites is 2. The molecule has 0 saturated heterocycles. The maximum atomic E-state index is 9.31. The molecule has 0 aliphatic heterocycles. The number of nitrogens with one attached hydrogen (secondary N) is 1. The normalized spacial score (nSPS) is 10.5. The fraction of sp³-hybridized carbons (Fsp3) is 0.118. The van der Waals surface area contributed by atoms with E-state index in [9.17, 15) is 5.11 Å². The van der Waals surface area contributed by atoms with E-state index in [1.165, 1.54) is 0 Å². The summed E-state index contributed by atoms with van der Waals surface area (Å²) in [5, 5.41) is 17.0. The van der Waals surface area contributed by atoms with Gasteiger partial charge in [0.2, 0.25) is 0 Å². The third-order valence-electron chi connectivity index (χ3n) is 3.33. The first kappa shape index (κ1) is 13.4. The van der Waals surface area contributed by atoms with Gasteiger partial charge in [-0.05, 0) is 18.2 Å². The van der Waals surface area contributed by atoms with Gasteiger partial charge in [0, 0.05) is 29.6 Å². The Bertz CT molecular complexity index is 707. The minimum absolute atomic E-state index is 0.0342. The quantitative estimate of drug-likeness (QED) is 0.755. The lowest BCUT2D eigenvalue weighted by atomic mass is 10.2. The van der Waals surface area contributed by atoms with Crippen LogP contribution >= 0.6 is 0 Å². The highest BCUT2D eigenvalue weighted by Crippen LogP contribution is 2.16. The summed E-state index contributed by atoms with van der Waals surface area (Å²) in [6, 6.07) is 17.8. The van der Waals surface area contributed by atoms with Gasteiger partial charge in [0.1, 0.15) is 0 Å². The molecule has 4 heteroatoms. The van der Waals surface area contributed by atoms with Gasteiger partial charge >= 0.3 is 0 Å². The molecule has 0 atom stereocenters. The van der Waals surface area contributed by atoms with Gasteiger partial charge in [-0.25, -0.2) is 4.68 Å². The Labute approximate surface area is 123 Å². The second-order valence-corrected chi connectivity index (χ2v) is 4.80. The zero-order valence-corrected chi connectivity index (χ0v) is 11.6. The molecule has 1 aromatic heterocycles. The first-order chi connectivity index (χ1) is 10.4. The molecule has 0 aliphatic carbocycles. The van der Waals surface area contributed by atoms with Gasteiger partial charge in [-0.1, -0.05) is 36.4 Å². The monoisotopic (exact) mass is 279 g/mol. The number of aromatic nitrogens is 2.